The summed E-state index contributed by atoms with van der Waals surface area (Å²) >= 11 is 0. The molecule has 1 atom stereocenters. The summed E-state index contributed by atoms with van der Waals surface area (Å²) in [4.78, 5) is 0. The molecule has 1 aliphatic heterocycles. The predicted octanol–water partition coefficient (Wildman–Crippen LogP) is 2.70. The van der Waals surface area contributed by atoms with E-state index in [9.17, 15) is 13.2 Å². The largest absolute Gasteiger partial charge is 0.389 e. The van der Waals surface area contributed by atoms with Gasteiger partial charge in [-0.15, -0.1) is 0 Å². The van der Waals surface area contributed by atoms with Gasteiger partial charge in [0.2, 0.25) is 0 Å². The number of hydrogen-bond donors (Lipinski definition) is 2. The Bertz CT molecular complexity index is 259. The lowest BCUT2D eigenvalue weighted by Crippen LogP contribution is -2.31. The lowest BCUT2D eigenvalue weighted by Gasteiger charge is -2.23. The van der Waals surface area contributed by atoms with Gasteiger partial charge in [0.1, 0.15) is 0 Å². The van der Waals surface area contributed by atoms with Crippen LogP contribution in [0, 0.1) is 11.3 Å². The highest BCUT2D eigenvalue weighted by Gasteiger charge is 2.52. The van der Waals surface area contributed by atoms with Crippen LogP contribution in [-0.2, 0) is 0 Å². The number of rotatable bonds is 6. The maximum Gasteiger partial charge on any atom is 0.389 e. The van der Waals surface area contributed by atoms with Crippen LogP contribution in [0.25, 0.3) is 0 Å². The van der Waals surface area contributed by atoms with Gasteiger partial charge < -0.3 is 10.6 Å². The quantitative estimate of drug-likeness (QED) is 0.721. The van der Waals surface area contributed by atoms with Gasteiger partial charge >= 0.3 is 6.18 Å². The van der Waals surface area contributed by atoms with Crippen molar-refractivity contribution in [3.05, 3.63) is 0 Å². The second kappa shape index (κ2) is 5.78. The number of halogens is 3. The first-order chi connectivity index (χ1) is 8.52. The fourth-order valence-electron chi connectivity index (χ4n) is 3.11. The van der Waals surface area contributed by atoms with Gasteiger partial charge in [0, 0.05) is 6.42 Å². The molecule has 0 radical (unpaired) electrons. The van der Waals surface area contributed by atoms with Gasteiger partial charge in [-0.2, -0.15) is 13.2 Å². The van der Waals surface area contributed by atoms with Crippen molar-refractivity contribution in [3.8, 4) is 0 Å². The van der Waals surface area contributed by atoms with Crippen molar-refractivity contribution < 1.29 is 13.2 Å². The highest BCUT2D eigenvalue weighted by Crippen LogP contribution is 2.58. The Morgan fingerprint density at radius 1 is 1.17 bits per heavy atom. The molecule has 0 bridgehead atoms. The van der Waals surface area contributed by atoms with Gasteiger partial charge in [-0.25, -0.2) is 0 Å². The fourth-order valence-corrected chi connectivity index (χ4v) is 3.11. The van der Waals surface area contributed by atoms with Crippen molar-refractivity contribution in [2.24, 2.45) is 11.3 Å². The first kappa shape index (κ1) is 14.1. The Balaban J connectivity index is 1.47. The molecular formula is C13H23F3N2. The average molecular weight is 264 g/mol. The molecule has 1 saturated heterocycles. The van der Waals surface area contributed by atoms with Crippen LogP contribution in [0.5, 0.6) is 0 Å². The summed E-state index contributed by atoms with van der Waals surface area (Å²) in [5.74, 6) is 0.766. The van der Waals surface area contributed by atoms with Gasteiger partial charge in [-0.1, -0.05) is 0 Å². The molecule has 2 aliphatic rings. The molecule has 2 rings (SSSR count). The molecule has 2 N–H and O–H groups in total. The third-order valence-electron chi connectivity index (χ3n) is 4.41. The van der Waals surface area contributed by atoms with E-state index in [4.69, 9.17) is 0 Å². The molecular weight excluding hydrogens is 241 g/mol. The van der Waals surface area contributed by atoms with Crippen molar-refractivity contribution in [2.75, 3.05) is 26.2 Å². The first-order valence-electron chi connectivity index (χ1n) is 7.00. The number of hydrogen-bond acceptors (Lipinski definition) is 2. The zero-order valence-electron chi connectivity index (χ0n) is 10.8. The Labute approximate surface area is 107 Å². The second-order valence-electron chi connectivity index (χ2n) is 5.79. The molecule has 1 spiro atoms. The van der Waals surface area contributed by atoms with Crippen molar-refractivity contribution in [3.63, 3.8) is 0 Å². The number of alkyl halides is 3. The fraction of sp³-hybridized carbons (Fsp3) is 1.00. The SMILES string of the molecule is FC(F)(F)CCCCNCC1CC12CCNCC2. The van der Waals surface area contributed by atoms with Crippen molar-refractivity contribution in [1.82, 2.24) is 10.6 Å². The van der Waals surface area contributed by atoms with E-state index in [1.165, 1.54) is 19.3 Å². The molecule has 0 aromatic carbocycles. The van der Waals surface area contributed by atoms with E-state index in [1.807, 2.05) is 0 Å². The van der Waals surface area contributed by atoms with Gasteiger partial charge in [0.15, 0.2) is 0 Å². The van der Waals surface area contributed by atoms with Gasteiger partial charge in [0.25, 0.3) is 0 Å². The van der Waals surface area contributed by atoms with Crippen LogP contribution >= 0.6 is 0 Å². The summed E-state index contributed by atoms with van der Waals surface area (Å²) in [6, 6.07) is 0. The van der Waals surface area contributed by atoms with E-state index in [2.05, 4.69) is 10.6 Å². The Morgan fingerprint density at radius 3 is 2.56 bits per heavy atom. The third kappa shape index (κ3) is 4.12. The normalized spacial score (nSPS) is 26.5. The van der Waals surface area contributed by atoms with Crippen LogP contribution < -0.4 is 10.6 Å². The highest BCUT2D eigenvalue weighted by molar-refractivity contribution is 5.04. The lowest BCUT2D eigenvalue weighted by molar-refractivity contribution is -0.135. The maximum absolute atomic E-state index is 11.9. The van der Waals surface area contributed by atoms with Crippen LogP contribution in [-0.4, -0.2) is 32.4 Å². The van der Waals surface area contributed by atoms with E-state index in [0.29, 0.717) is 11.8 Å². The zero-order valence-corrected chi connectivity index (χ0v) is 10.8. The van der Waals surface area contributed by atoms with Gasteiger partial charge in [-0.3, -0.25) is 0 Å². The van der Waals surface area contributed by atoms with E-state index in [1.54, 1.807) is 0 Å². The molecule has 1 saturated carbocycles. The molecule has 1 unspecified atom stereocenters. The van der Waals surface area contributed by atoms with E-state index in [0.717, 1.165) is 32.1 Å². The van der Waals surface area contributed by atoms with Crippen LogP contribution in [0.1, 0.15) is 38.5 Å². The average Bonchev–Trinajstić information content (AvgIpc) is 2.95. The zero-order chi connectivity index (χ0) is 13.1. The number of nitrogens with one attached hydrogen (secondary N) is 2. The van der Waals surface area contributed by atoms with Crippen molar-refractivity contribution in [1.29, 1.82) is 0 Å². The third-order valence-corrected chi connectivity index (χ3v) is 4.41. The van der Waals surface area contributed by atoms with E-state index >= 15 is 0 Å². The van der Waals surface area contributed by atoms with E-state index in [-0.39, 0.29) is 6.42 Å². The molecule has 106 valence electrons. The minimum Gasteiger partial charge on any atom is -0.317 e. The van der Waals surface area contributed by atoms with Crippen LogP contribution in [0.3, 0.4) is 0 Å². The first-order valence-corrected chi connectivity index (χ1v) is 7.00. The Morgan fingerprint density at radius 2 is 1.89 bits per heavy atom. The molecule has 1 aliphatic carbocycles. The van der Waals surface area contributed by atoms with Gasteiger partial charge in [0.05, 0.1) is 0 Å². The monoisotopic (exact) mass is 264 g/mol. The summed E-state index contributed by atoms with van der Waals surface area (Å²) in [6.45, 7) is 3.97. The molecule has 0 amide bonds. The molecule has 18 heavy (non-hydrogen) atoms. The molecule has 2 fully saturated rings. The summed E-state index contributed by atoms with van der Waals surface area (Å²) in [7, 11) is 0. The molecule has 5 heteroatoms. The summed E-state index contributed by atoms with van der Waals surface area (Å²) in [5, 5.41) is 6.69. The Kier molecular flexibility index (Phi) is 4.54. The highest BCUT2D eigenvalue weighted by atomic mass is 19.4. The smallest absolute Gasteiger partial charge is 0.317 e. The minimum atomic E-state index is -3.99. The van der Waals surface area contributed by atoms with Crippen LogP contribution in [0.15, 0.2) is 0 Å². The number of piperidine rings is 1. The van der Waals surface area contributed by atoms with Gasteiger partial charge in [-0.05, 0) is 69.6 Å². The molecule has 0 aromatic rings. The number of unbranched alkanes of at least 4 members (excludes halogenated alkanes) is 1. The molecule has 2 nitrogen and oxygen atoms in total. The summed E-state index contributed by atoms with van der Waals surface area (Å²) < 4.78 is 35.7. The standard InChI is InChI=1S/C13H23F3N2/c14-13(15,16)3-1-2-6-18-10-11-9-12(11)4-7-17-8-5-12/h11,17-18H,1-10H2. The Hall–Kier alpha value is -0.290. The van der Waals surface area contributed by atoms with E-state index < -0.39 is 12.6 Å². The topological polar surface area (TPSA) is 24.1 Å². The molecule has 0 aromatic heterocycles. The molecule has 1 heterocycles. The van der Waals surface area contributed by atoms with Crippen molar-refractivity contribution in [2.45, 2.75) is 44.7 Å². The lowest BCUT2D eigenvalue weighted by atomic mass is 9.92. The summed E-state index contributed by atoms with van der Waals surface area (Å²) in [5.41, 5.74) is 0.574. The maximum atomic E-state index is 11.9. The summed E-state index contributed by atoms with van der Waals surface area (Å²) in [6.07, 6.45) is 0.0887. The second-order valence-corrected chi connectivity index (χ2v) is 5.79. The predicted molar refractivity (Wildman–Crippen MR) is 65.4 cm³/mol. The van der Waals surface area contributed by atoms with Crippen LogP contribution in [0.2, 0.25) is 0 Å². The van der Waals surface area contributed by atoms with Crippen LogP contribution in [0.4, 0.5) is 13.2 Å². The minimum absolute atomic E-state index is 0.246. The van der Waals surface area contributed by atoms with Crippen molar-refractivity contribution >= 4 is 0 Å².